The number of aryl methyl sites for hydroxylation is 1. The summed E-state index contributed by atoms with van der Waals surface area (Å²) in [7, 11) is 0. The number of nitriles is 1. The summed E-state index contributed by atoms with van der Waals surface area (Å²) in [5, 5.41) is 11.6. The van der Waals surface area contributed by atoms with E-state index in [0.717, 1.165) is 5.56 Å². The number of anilines is 1. The van der Waals surface area contributed by atoms with Crippen LogP contribution >= 0.6 is 0 Å². The predicted molar refractivity (Wildman–Crippen MR) is 119 cm³/mol. The molecule has 32 heavy (non-hydrogen) atoms. The molecule has 0 unspecified atom stereocenters. The number of amides is 2. The van der Waals surface area contributed by atoms with Gasteiger partial charge in [-0.05, 0) is 49.7 Å². The van der Waals surface area contributed by atoms with Gasteiger partial charge in [-0.1, -0.05) is 18.2 Å². The van der Waals surface area contributed by atoms with Crippen LogP contribution in [0.15, 0.2) is 48.5 Å². The van der Waals surface area contributed by atoms with Gasteiger partial charge in [-0.2, -0.15) is 5.26 Å². The average molecular weight is 437 g/mol. The minimum absolute atomic E-state index is 0.0633. The van der Waals surface area contributed by atoms with E-state index < -0.39 is 18.5 Å². The van der Waals surface area contributed by atoms with E-state index in [1.807, 2.05) is 32.0 Å². The largest absolute Gasteiger partial charge is 0.494 e. The van der Waals surface area contributed by atoms with Gasteiger partial charge >= 0.3 is 5.97 Å². The van der Waals surface area contributed by atoms with Gasteiger partial charge in [0.1, 0.15) is 5.75 Å². The van der Waals surface area contributed by atoms with Crippen molar-refractivity contribution in [2.75, 3.05) is 31.2 Å². The number of carbonyl (C=O) groups is 3. The van der Waals surface area contributed by atoms with Crippen LogP contribution in [0.25, 0.3) is 0 Å². The predicted octanol–water partition coefficient (Wildman–Crippen LogP) is 3.00. The molecule has 0 saturated heterocycles. The molecule has 2 aromatic rings. The van der Waals surface area contributed by atoms with Crippen LogP contribution in [-0.2, 0) is 14.3 Å². The summed E-state index contributed by atoms with van der Waals surface area (Å²) in [4.78, 5) is 38.2. The van der Waals surface area contributed by atoms with Crippen LogP contribution < -0.4 is 15.0 Å². The summed E-state index contributed by atoms with van der Waals surface area (Å²) in [6.45, 7) is 4.04. The van der Waals surface area contributed by atoms with E-state index in [4.69, 9.17) is 14.7 Å². The van der Waals surface area contributed by atoms with E-state index in [1.54, 1.807) is 36.4 Å². The van der Waals surface area contributed by atoms with E-state index >= 15 is 0 Å². The number of benzene rings is 2. The molecule has 8 heteroatoms. The smallest absolute Gasteiger partial charge is 0.308 e. The minimum Gasteiger partial charge on any atom is -0.494 e. The number of nitrogens with zero attached hydrogens (tertiary/aromatic N) is 2. The molecule has 0 fully saturated rings. The maximum absolute atomic E-state index is 12.6. The van der Waals surface area contributed by atoms with Crippen LogP contribution in [-0.4, -0.2) is 44.1 Å². The van der Waals surface area contributed by atoms with Crippen LogP contribution in [0.4, 0.5) is 5.69 Å². The number of rotatable bonds is 11. The first-order valence-electron chi connectivity index (χ1n) is 10.4. The maximum atomic E-state index is 12.6. The summed E-state index contributed by atoms with van der Waals surface area (Å²) >= 11 is 0. The SMILES string of the molecule is CCOc1ccc(N(CCC#N)C(=O)COC(=O)CCNC(=O)c2ccccc2C)cc1. The first-order chi connectivity index (χ1) is 15.5. The zero-order valence-electron chi connectivity index (χ0n) is 18.3. The molecule has 0 atom stereocenters. The van der Waals surface area contributed by atoms with Gasteiger partial charge in [-0.15, -0.1) is 0 Å². The molecule has 0 aliphatic heterocycles. The quantitative estimate of drug-likeness (QED) is 0.542. The molecular formula is C24H27N3O5. The number of hydrogen-bond donors (Lipinski definition) is 1. The molecule has 0 aromatic heterocycles. The Morgan fingerprint density at radius 3 is 2.47 bits per heavy atom. The summed E-state index contributed by atoms with van der Waals surface area (Å²) in [6.07, 6.45) is 0.0734. The Bertz CT molecular complexity index is 966. The summed E-state index contributed by atoms with van der Waals surface area (Å²) in [5.41, 5.74) is 1.96. The lowest BCUT2D eigenvalue weighted by Crippen LogP contribution is -2.36. The van der Waals surface area contributed by atoms with E-state index in [2.05, 4.69) is 5.32 Å². The molecule has 2 rings (SSSR count). The van der Waals surface area contributed by atoms with Crippen molar-refractivity contribution in [3.63, 3.8) is 0 Å². The van der Waals surface area contributed by atoms with Crippen LogP contribution in [0.1, 0.15) is 35.7 Å². The van der Waals surface area contributed by atoms with Gasteiger partial charge in [0.15, 0.2) is 6.61 Å². The molecule has 1 N–H and O–H groups in total. The lowest BCUT2D eigenvalue weighted by atomic mass is 10.1. The third-order valence-corrected chi connectivity index (χ3v) is 4.57. The summed E-state index contributed by atoms with van der Waals surface area (Å²) in [6, 6.07) is 16.0. The Hall–Kier alpha value is -3.86. The molecule has 0 heterocycles. The highest BCUT2D eigenvalue weighted by molar-refractivity contribution is 5.96. The van der Waals surface area contributed by atoms with Gasteiger partial charge in [0.05, 0.1) is 25.5 Å². The molecule has 168 valence electrons. The second kappa shape index (κ2) is 12.7. The van der Waals surface area contributed by atoms with E-state index in [1.165, 1.54) is 4.90 Å². The van der Waals surface area contributed by atoms with E-state index in [-0.39, 0.29) is 31.8 Å². The molecule has 0 radical (unpaired) electrons. The molecule has 2 aromatic carbocycles. The summed E-state index contributed by atoms with van der Waals surface area (Å²) < 4.78 is 10.5. The standard InChI is InChI=1S/C24H27N3O5/c1-3-31-20-11-9-19(10-12-20)27(16-6-14-25)22(28)17-32-23(29)13-15-26-24(30)21-8-5-4-7-18(21)2/h4-5,7-12H,3,6,13,15-17H2,1-2H3,(H,26,30). The van der Waals surface area contributed by atoms with Crippen molar-refractivity contribution in [1.82, 2.24) is 5.32 Å². The lowest BCUT2D eigenvalue weighted by Gasteiger charge is -2.22. The number of ether oxygens (including phenoxy) is 2. The average Bonchev–Trinajstić information content (AvgIpc) is 2.79. The van der Waals surface area contributed by atoms with Crippen LogP contribution in [0, 0.1) is 18.3 Å². The Morgan fingerprint density at radius 1 is 1.09 bits per heavy atom. The molecule has 8 nitrogen and oxygen atoms in total. The lowest BCUT2D eigenvalue weighted by molar-refractivity contribution is -0.147. The molecule has 0 aliphatic carbocycles. The Kier molecular flexibility index (Phi) is 9.72. The topological polar surface area (TPSA) is 109 Å². The first-order valence-corrected chi connectivity index (χ1v) is 10.4. The van der Waals surface area contributed by atoms with Crippen molar-refractivity contribution in [3.05, 3.63) is 59.7 Å². The van der Waals surface area contributed by atoms with Gasteiger partial charge < -0.3 is 19.7 Å². The maximum Gasteiger partial charge on any atom is 0.308 e. The molecule has 0 aliphatic rings. The highest BCUT2D eigenvalue weighted by Crippen LogP contribution is 2.20. The van der Waals surface area contributed by atoms with Crippen molar-refractivity contribution < 1.29 is 23.9 Å². The highest BCUT2D eigenvalue weighted by atomic mass is 16.5. The van der Waals surface area contributed by atoms with E-state index in [0.29, 0.717) is 23.6 Å². The second-order valence-electron chi connectivity index (χ2n) is 6.86. The molecule has 0 saturated carbocycles. The third kappa shape index (κ3) is 7.43. The zero-order valence-corrected chi connectivity index (χ0v) is 18.3. The van der Waals surface area contributed by atoms with Crippen molar-refractivity contribution in [2.45, 2.75) is 26.7 Å². The van der Waals surface area contributed by atoms with Gasteiger partial charge in [0.25, 0.3) is 11.8 Å². The molecular weight excluding hydrogens is 410 g/mol. The van der Waals surface area contributed by atoms with Crippen molar-refractivity contribution in [1.29, 1.82) is 5.26 Å². The number of hydrogen-bond acceptors (Lipinski definition) is 6. The Morgan fingerprint density at radius 2 is 1.81 bits per heavy atom. The van der Waals surface area contributed by atoms with E-state index in [9.17, 15) is 14.4 Å². The van der Waals surface area contributed by atoms with Gasteiger partial charge in [-0.25, -0.2) is 0 Å². The van der Waals surface area contributed by atoms with Crippen LogP contribution in [0.3, 0.4) is 0 Å². The normalized spacial score (nSPS) is 10.0. The monoisotopic (exact) mass is 437 g/mol. The fourth-order valence-corrected chi connectivity index (χ4v) is 2.94. The second-order valence-corrected chi connectivity index (χ2v) is 6.86. The Balaban J connectivity index is 1.84. The minimum atomic E-state index is -0.602. The Labute approximate surface area is 187 Å². The van der Waals surface area contributed by atoms with Crippen molar-refractivity contribution >= 4 is 23.5 Å². The number of esters is 1. The number of carbonyl (C=O) groups excluding carboxylic acids is 3. The summed E-state index contributed by atoms with van der Waals surface area (Å²) in [5.74, 6) is -0.648. The molecule has 2 amide bonds. The van der Waals surface area contributed by atoms with Gasteiger partial charge in [0, 0.05) is 24.3 Å². The molecule has 0 spiro atoms. The first kappa shape index (κ1) is 24.4. The van der Waals surface area contributed by atoms with Crippen molar-refractivity contribution in [2.24, 2.45) is 0 Å². The fraction of sp³-hybridized carbons (Fsp3) is 0.333. The van der Waals surface area contributed by atoms with Crippen molar-refractivity contribution in [3.8, 4) is 11.8 Å². The zero-order chi connectivity index (χ0) is 23.3. The molecule has 0 bridgehead atoms. The van der Waals surface area contributed by atoms with Gasteiger partial charge in [-0.3, -0.25) is 14.4 Å². The number of nitrogens with one attached hydrogen (secondary N) is 1. The highest BCUT2D eigenvalue weighted by Gasteiger charge is 2.18. The van der Waals surface area contributed by atoms with Crippen LogP contribution in [0.5, 0.6) is 5.75 Å². The fourth-order valence-electron chi connectivity index (χ4n) is 2.94. The third-order valence-electron chi connectivity index (χ3n) is 4.57. The van der Waals surface area contributed by atoms with Gasteiger partial charge in [0.2, 0.25) is 0 Å². The van der Waals surface area contributed by atoms with Crippen LogP contribution in [0.2, 0.25) is 0 Å².